The molecule has 0 spiro atoms. The lowest BCUT2D eigenvalue weighted by atomic mass is 10.0. The molecule has 0 saturated heterocycles. The van der Waals surface area contributed by atoms with Gasteiger partial charge in [-0.05, 0) is 51.4 Å². The van der Waals surface area contributed by atoms with Crippen molar-refractivity contribution in [1.29, 1.82) is 0 Å². The molecule has 356 valence electrons. The van der Waals surface area contributed by atoms with Crippen molar-refractivity contribution in [1.82, 2.24) is 5.32 Å². The molecule has 0 rings (SSSR count). The van der Waals surface area contributed by atoms with E-state index in [1.165, 1.54) is 193 Å². The second-order valence-electron chi connectivity index (χ2n) is 18.6. The summed E-state index contributed by atoms with van der Waals surface area (Å²) >= 11 is 0. The maximum absolute atomic E-state index is 12.5. The van der Waals surface area contributed by atoms with Crippen molar-refractivity contribution in [3.63, 3.8) is 0 Å². The first kappa shape index (κ1) is 58.6. The van der Waals surface area contributed by atoms with Crippen LogP contribution in [0.4, 0.5) is 0 Å². The molecule has 0 radical (unpaired) electrons. The van der Waals surface area contributed by atoms with E-state index in [0.717, 1.165) is 70.6 Å². The first-order chi connectivity index (χ1) is 29.5. The van der Waals surface area contributed by atoms with E-state index in [-0.39, 0.29) is 18.5 Å². The van der Waals surface area contributed by atoms with Crippen LogP contribution in [0, 0.1) is 0 Å². The van der Waals surface area contributed by atoms with Crippen molar-refractivity contribution in [3.8, 4) is 0 Å². The van der Waals surface area contributed by atoms with E-state index < -0.39 is 12.1 Å². The summed E-state index contributed by atoms with van der Waals surface area (Å²) in [5, 5.41) is 23.3. The number of carbonyl (C=O) groups excluding carboxylic acids is 2. The predicted molar refractivity (Wildman–Crippen MR) is 260 cm³/mol. The summed E-state index contributed by atoms with van der Waals surface area (Å²) in [6.45, 7) is 4.92. The minimum atomic E-state index is -0.680. The van der Waals surface area contributed by atoms with Crippen LogP contribution in [0.1, 0.15) is 296 Å². The minimum Gasteiger partial charge on any atom is -0.466 e. The highest BCUT2D eigenvalue weighted by Gasteiger charge is 2.20. The Balaban J connectivity index is 3.49. The van der Waals surface area contributed by atoms with E-state index in [4.69, 9.17) is 4.74 Å². The fraction of sp³-hybridized carbons (Fsp3) is 0.926. The van der Waals surface area contributed by atoms with Gasteiger partial charge < -0.3 is 20.3 Å². The van der Waals surface area contributed by atoms with Crippen LogP contribution in [-0.2, 0) is 14.3 Å². The lowest BCUT2D eigenvalue weighted by molar-refractivity contribution is -0.143. The van der Waals surface area contributed by atoms with Crippen LogP contribution in [0.2, 0.25) is 0 Å². The zero-order valence-corrected chi connectivity index (χ0v) is 40.5. The molecule has 0 aromatic rings. The second-order valence-corrected chi connectivity index (χ2v) is 18.6. The molecule has 0 aliphatic heterocycles. The molecule has 0 saturated carbocycles. The standard InChI is InChI=1S/C54H105NO5/c1-3-5-7-9-11-13-15-17-18-19-20-21-23-26-30-34-38-42-46-52(57)51(50-56)55-53(58)47-43-39-35-31-27-24-22-25-29-33-37-41-45-49-60-54(59)48-44-40-36-32-28-16-14-12-10-8-6-4-2/h24,27,51-52,56-57H,3-23,25-26,28-50H2,1-2H3,(H,55,58)/b27-24-. The van der Waals surface area contributed by atoms with Crippen LogP contribution in [-0.4, -0.2) is 47.4 Å². The lowest BCUT2D eigenvalue weighted by Crippen LogP contribution is -2.45. The lowest BCUT2D eigenvalue weighted by Gasteiger charge is -2.22. The summed E-state index contributed by atoms with van der Waals surface area (Å²) in [6.07, 6.45) is 57.6. The number of aliphatic hydroxyl groups excluding tert-OH is 2. The van der Waals surface area contributed by atoms with Crippen molar-refractivity contribution in [2.45, 2.75) is 309 Å². The fourth-order valence-corrected chi connectivity index (χ4v) is 8.40. The van der Waals surface area contributed by atoms with Gasteiger partial charge in [0.05, 0.1) is 25.4 Å². The van der Waals surface area contributed by atoms with Crippen LogP contribution in [0.25, 0.3) is 0 Å². The molecule has 0 aromatic heterocycles. The van der Waals surface area contributed by atoms with E-state index in [0.29, 0.717) is 25.9 Å². The molecule has 3 N–H and O–H groups in total. The minimum absolute atomic E-state index is 0.0114. The van der Waals surface area contributed by atoms with E-state index in [1.807, 2.05) is 0 Å². The summed E-state index contributed by atoms with van der Waals surface area (Å²) < 4.78 is 5.45. The Labute approximate surface area is 374 Å². The first-order valence-electron chi connectivity index (χ1n) is 26.9. The Bertz CT molecular complexity index is 893. The van der Waals surface area contributed by atoms with Crippen molar-refractivity contribution in [2.75, 3.05) is 13.2 Å². The van der Waals surface area contributed by atoms with Crippen LogP contribution < -0.4 is 5.32 Å². The number of amides is 1. The number of allylic oxidation sites excluding steroid dienone is 2. The number of hydrogen-bond donors (Lipinski definition) is 3. The topological polar surface area (TPSA) is 95.9 Å². The molecule has 0 aliphatic carbocycles. The number of ether oxygens (including phenoxy) is 1. The first-order valence-corrected chi connectivity index (χ1v) is 26.9. The zero-order valence-electron chi connectivity index (χ0n) is 40.5. The number of hydrogen-bond acceptors (Lipinski definition) is 5. The molecule has 60 heavy (non-hydrogen) atoms. The molecule has 0 aromatic carbocycles. The Morgan fingerprint density at radius 1 is 0.450 bits per heavy atom. The SMILES string of the molecule is CCCCCCCCCCCCCCCCCCCCC(O)C(CO)NC(=O)CCCCC/C=C\CCCCCCCCOC(=O)CCCCCCCCCCCCCC. The van der Waals surface area contributed by atoms with Gasteiger partial charge in [0.1, 0.15) is 0 Å². The van der Waals surface area contributed by atoms with E-state index in [9.17, 15) is 19.8 Å². The van der Waals surface area contributed by atoms with Crippen LogP contribution in [0.5, 0.6) is 0 Å². The summed E-state index contributed by atoms with van der Waals surface area (Å²) in [7, 11) is 0. The molecular formula is C54H105NO5. The molecule has 0 fully saturated rings. The van der Waals surface area contributed by atoms with Gasteiger partial charge in [-0.1, -0.05) is 244 Å². The molecular weight excluding hydrogens is 743 g/mol. The Kier molecular flexibility index (Phi) is 49.1. The number of rotatable bonds is 50. The quantitative estimate of drug-likeness (QED) is 0.0322. The summed E-state index contributed by atoms with van der Waals surface area (Å²) in [5.41, 5.74) is 0. The van der Waals surface area contributed by atoms with Gasteiger partial charge in [-0.25, -0.2) is 0 Å². The van der Waals surface area contributed by atoms with Gasteiger partial charge in [-0.2, -0.15) is 0 Å². The Morgan fingerprint density at radius 3 is 1.20 bits per heavy atom. The summed E-state index contributed by atoms with van der Waals surface area (Å²) in [6, 6.07) is -0.561. The van der Waals surface area contributed by atoms with Gasteiger partial charge in [0.2, 0.25) is 5.91 Å². The van der Waals surface area contributed by atoms with Crippen LogP contribution in [0.3, 0.4) is 0 Å². The molecule has 6 nitrogen and oxygen atoms in total. The zero-order chi connectivity index (χ0) is 43.7. The Hall–Kier alpha value is -1.40. The maximum Gasteiger partial charge on any atom is 0.305 e. The predicted octanol–water partition coefficient (Wildman–Crippen LogP) is 16.1. The summed E-state index contributed by atoms with van der Waals surface area (Å²) in [4.78, 5) is 24.5. The third-order valence-corrected chi connectivity index (χ3v) is 12.6. The van der Waals surface area contributed by atoms with Gasteiger partial charge >= 0.3 is 5.97 Å². The van der Waals surface area contributed by atoms with Crippen molar-refractivity contribution >= 4 is 11.9 Å². The number of unbranched alkanes of at least 4 members (excludes halogenated alkanes) is 37. The average molecular weight is 848 g/mol. The van der Waals surface area contributed by atoms with Gasteiger partial charge in [-0.3, -0.25) is 9.59 Å². The monoisotopic (exact) mass is 848 g/mol. The highest BCUT2D eigenvalue weighted by atomic mass is 16.5. The molecule has 0 heterocycles. The molecule has 1 amide bonds. The Morgan fingerprint density at radius 2 is 0.783 bits per heavy atom. The van der Waals surface area contributed by atoms with Crippen LogP contribution in [0.15, 0.2) is 12.2 Å². The normalized spacial score (nSPS) is 12.7. The number of nitrogens with one attached hydrogen (secondary N) is 1. The number of carbonyl (C=O) groups is 2. The summed E-state index contributed by atoms with van der Waals surface area (Å²) in [5.74, 6) is -0.0739. The van der Waals surface area contributed by atoms with E-state index >= 15 is 0 Å². The number of aliphatic hydroxyl groups is 2. The third kappa shape index (κ3) is 46.1. The van der Waals surface area contributed by atoms with E-state index in [1.54, 1.807) is 0 Å². The number of esters is 1. The highest BCUT2D eigenvalue weighted by Crippen LogP contribution is 2.17. The van der Waals surface area contributed by atoms with Gasteiger partial charge in [0, 0.05) is 12.8 Å². The van der Waals surface area contributed by atoms with Crippen molar-refractivity contribution < 1.29 is 24.5 Å². The van der Waals surface area contributed by atoms with Gasteiger partial charge in [-0.15, -0.1) is 0 Å². The maximum atomic E-state index is 12.5. The van der Waals surface area contributed by atoms with Gasteiger partial charge in [0.15, 0.2) is 0 Å². The second kappa shape index (κ2) is 50.2. The molecule has 2 unspecified atom stereocenters. The van der Waals surface area contributed by atoms with Gasteiger partial charge in [0.25, 0.3) is 0 Å². The average Bonchev–Trinajstić information content (AvgIpc) is 3.25. The fourth-order valence-electron chi connectivity index (χ4n) is 8.40. The van der Waals surface area contributed by atoms with Crippen molar-refractivity contribution in [2.24, 2.45) is 0 Å². The third-order valence-electron chi connectivity index (χ3n) is 12.6. The highest BCUT2D eigenvalue weighted by molar-refractivity contribution is 5.76. The molecule has 0 aliphatic rings. The van der Waals surface area contributed by atoms with Crippen LogP contribution >= 0.6 is 0 Å². The molecule has 0 bridgehead atoms. The molecule has 6 heteroatoms. The van der Waals surface area contributed by atoms with E-state index in [2.05, 4.69) is 31.3 Å². The smallest absolute Gasteiger partial charge is 0.305 e. The largest absolute Gasteiger partial charge is 0.466 e. The molecule has 2 atom stereocenters. The van der Waals surface area contributed by atoms with Crippen molar-refractivity contribution in [3.05, 3.63) is 12.2 Å².